The maximum absolute atomic E-state index is 3.51. The third-order valence-electron chi connectivity index (χ3n) is 2.84. The molecule has 0 radical (unpaired) electrons. The summed E-state index contributed by atoms with van der Waals surface area (Å²) >= 11 is 0. The fourth-order valence-corrected chi connectivity index (χ4v) is 2.00. The average Bonchev–Trinajstić information content (AvgIpc) is 2.72. The zero-order valence-corrected chi connectivity index (χ0v) is 8.74. The highest BCUT2D eigenvalue weighted by molar-refractivity contribution is 5.43. The van der Waals surface area contributed by atoms with Crippen molar-refractivity contribution < 1.29 is 0 Å². The Balaban J connectivity index is 1.90. The van der Waals surface area contributed by atoms with Crippen molar-refractivity contribution in [1.29, 1.82) is 0 Å². The van der Waals surface area contributed by atoms with Crippen LogP contribution in [-0.2, 0) is 0 Å². The molecular weight excluding hydrogens is 172 g/mol. The van der Waals surface area contributed by atoms with Crippen LogP contribution in [-0.4, -0.2) is 24.2 Å². The molecule has 1 aliphatic rings. The Morgan fingerprint density at radius 1 is 1.14 bits per heavy atom. The Morgan fingerprint density at radius 2 is 1.79 bits per heavy atom. The molecule has 1 N–H and O–H groups in total. The van der Waals surface area contributed by atoms with E-state index in [-0.39, 0.29) is 0 Å². The van der Waals surface area contributed by atoms with Crippen LogP contribution >= 0.6 is 0 Å². The van der Waals surface area contributed by atoms with Crippen LogP contribution in [0.5, 0.6) is 0 Å². The van der Waals surface area contributed by atoms with Crippen molar-refractivity contribution in [3.05, 3.63) is 30.3 Å². The smallest absolute Gasteiger partial charge is 0.0764 e. The molecule has 1 aliphatic heterocycles. The van der Waals surface area contributed by atoms with Crippen LogP contribution in [0.3, 0.4) is 0 Å². The van der Waals surface area contributed by atoms with Crippen LogP contribution in [0, 0.1) is 0 Å². The fraction of sp³-hybridized carbons (Fsp3) is 0.500. The van der Waals surface area contributed by atoms with Crippen LogP contribution in [0.2, 0.25) is 0 Å². The third-order valence-corrected chi connectivity index (χ3v) is 2.84. The third kappa shape index (κ3) is 2.26. The topological polar surface area (TPSA) is 15.3 Å². The zero-order valence-electron chi connectivity index (χ0n) is 8.74. The van der Waals surface area contributed by atoms with Gasteiger partial charge >= 0.3 is 0 Å². The van der Waals surface area contributed by atoms with Crippen molar-refractivity contribution in [1.82, 2.24) is 4.90 Å². The minimum Gasteiger partial charge on any atom is -0.370 e. The number of rotatable bonds is 3. The highest BCUT2D eigenvalue weighted by Gasteiger charge is 2.17. The number of benzene rings is 1. The van der Waals surface area contributed by atoms with Gasteiger partial charge in [-0.1, -0.05) is 18.2 Å². The molecule has 1 unspecified atom stereocenters. The highest BCUT2D eigenvalue weighted by atomic mass is 15.3. The molecule has 1 saturated heterocycles. The summed E-state index contributed by atoms with van der Waals surface area (Å²) in [4.78, 5) is 2.49. The Hall–Kier alpha value is -1.02. The van der Waals surface area contributed by atoms with E-state index in [1.807, 2.05) is 6.07 Å². The molecule has 0 amide bonds. The van der Waals surface area contributed by atoms with Crippen LogP contribution < -0.4 is 5.32 Å². The van der Waals surface area contributed by atoms with E-state index in [0.717, 1.165) is 0 Å². The van der Waals surface area contributed by atoms with Gasteiger partial charge in [0.25, 0.3) is 0 Å². The lowest BCUT2D eigenvalue weighted by Gasteiger charge is -2.25. The van der Waals surface area contributed by atoms with Gasteiger partial charge in [-0.3, -0.25) is 4.90 Å². The van der Waals surface area contributed by atoms with Crippen molar-refractivity contribution in [3.8, 4) is 0 Å². The minimum absolute atomic E-state index is 0.458. The lowest BCUT2D eigenvalue weighted by molar-refractivity contribution is 0.283. The maximum atomic E-state index is 3.51. The van der Waals surface area contributed by atoms with E-state index >= 15 is 0 Å². The minimum atomic E-state index is 0.458. The molecule has 0 bridgehead atoms. The molecule has 2 heteroatoms. The summed E-state index contributed by atoms with van der Waals surface area (Å²) in [5, 5.41) is 3.51. The predicted octanol–water partition coefficient (Wildman–Crippen LogP) is 2.54. The molecule has 14 heavy (non-hydrogen) atoms. The van der Waals surface area contributed by atoms with Gasteiger partial charge in [-0.15, -0.1) is 0 Å². The van der Waals surface area contributed by atoms with Crippen LogP contribution in [0.25, 0.3) is 0 Å². The molecule has 2 rings (SSSR count). The fourth-order valence-electron chi connectivity index (χ4n) is 2.00. The van der Waals surface area contributed by atoms with Gasteiger partial charge in [-0.25, -0.2) is 0 Å². The SMILES string of the molecule is CC(Nc1ccccc1)N1CCCC1. The number of likely N-dealkylation sites (tertiary alicyclic amines) is 1. The van der Waals surface area contributed by atoms with E-state index in [4.69, 9.17) is 0 Å². The van der Waals surface area contributed by atoms with Gasteiger partial charge < -0.3 is 5.32 Å². The largest absolute Gasteiger partial charge is 0.370 e. The molecule has 0 saturated carbocycles. The van der Waals surface area contributed by atoms with Gasteiger partial charge in [0.2, 0.25) is 0 Å². The standard InChI is InChI=1S/C12H18N2/c1-11(14-9-5-6-10-14)13-12-7-3-2-4-8-12/h2-4,7-8,11,13H,5-6,9-10H2,1H3. The van der Waals surface area contributed by atoms with Crippen molar-refractivity contribution >= 4 is 5.69 Å². The van der Waals surface area contributed by atoms with Crippen molar-refractivity contribution in [3.63, 3.8) is 0 Å². The molecule has 1 aromatic rings. The number of hydrogen-bond acceptors (Lipinski definition) is 2. The number of hydrogen-bond donors (Lipinski definition) is 1. The molecular formula is C12H18N2. The quantitative estimate of drug-likeness (QED) is 0.788. The summed E-state index contributed by atoms with van der Waals surface area (Å²) in [6.45, 7) is 4.71. The van der Waals surface area contributed by atoms with E-state index < -0.39 is 0 Å². The van der Waals surface area contributed by atoms with Crippen molar-refractivity contribution in [2.24, 2.45) is 0 Å². The Bertz CT molecular complexity index is 265. The molecule has 76 valence electrons. The maximum Gasteiger partial charge on any atom is 0.0764 e. The number of nitrogens with zero attached hydrogens (tertiary/aromatic N) is 1. The van der Waals surface area contributed by atoms with E-state index in [2.05, 4.69) is 41.4 Å². The molecule has 1 aromatic carbocycles. The highest BCUT2D eigenvalue weighted by Crippen LogP contribution is 2.14. The molecule has 0 aromatic heterocycles. The van der Waals surface area contributed by atoms with Gasteiger partial charge in [-0.05, 0) is 31.9 Å². The van der Waals surface area contributed by atoms with Crippen LogP contribution in [0.15, 0.2) is 30.3 Å². The van der Waals surface area contributed by atoms with Gasteiger partial charge in [0.15, 0.2) is 0 Å². The van der Waals surface area contributed by atoms with Crippen LogP contribution in [0.1, 0.15) is 19.8 Å². The summed E-state index contributed by atoms with van der Waals surface area (Å²) in [6.07, 6.45) is 3.15. The lowest BCUT2D eigenvalue weighted by atomic mass is 10.3. The van der Waals surface area contributed by atoms with E-state index in [1.165, 1.54) is 31.6 Å². The monoisotopic (exact) mass is 190 g/mol. The Labute approximate surface area is 85.9 Å². The summed E-state index contributed by atoms with van der Waals surface area (Å²) in [7, 11) is 0. The van der Waals surface area contributed by atoms with Gasteiger partial charge in [0.05, 0.1) is 6.17 Å². The summed E-state index contributed by atoms with van der Waals surface area (Å²) in [5.41, 5.74) is 1.21. The number of nitrogens with one attached hydrogen (secondary N) is 1. The molecule has 1 atom stereocenters. The van der Waals surface area contributed by atoms with E-state index in [1.54, 1.807) is 0 Å². The van der Waals surface area contributed by atoms with Gasteiger partial charge in [-0.2, -0.15) is 0 Å². The van der Waals surface area contributed by atoms with Gasteiger partial charge in [0.1, 0.15) is 0 Å². The molecule has 0 aliphatic carbocycles. The predicted molar refractivity (Wildman–Crippen MR) is 60.3 cm³/mol. The lowest BCUT2D eigenvalue weighted by Crippen LogP contribution is -2.36. The second-order valence-electron chi connectivity index (χ2n) is 3.93. The first-order chi connectivity index (χ1) is 6.86. The van der Waals surface area contributed by atoms with Crippen molar-refractivity contribution in [2.45, 2.75) is 25.9 Å². The molecule has 2 nitrogen and oxygen atoms in total. The van der Waals surface area contributed by atoms with E-state index in [9.17, 15) is 0 Å². The first-order valence-corrected chi connectivity index (χ1v) is 5.42. The second-order valence-corrected chi connectivity index (χ2v) is 3.93. The first kappa shape index (κ1) is 9.53. The average molecular weight is 190 g/mol. The normalized spacial score (nSPS) is 19.5. The Kier molecular flexibility index (Phi) is 3.04. The van der Waals surface area contributed by atoms with Crippen LogP contribution in [0.4, 0.5) is 5.69 Å². The van der Waals surface area contributed by atoms with Gasteiger partial charge in [0, 0.05) is 18.8 Å². The number of para-hydroxylation sites is 1. The van der Waals surface area contributed by atoms with Crippen molar-refractivity contribution in [2.75, 3.05) is 18.4 Å². The molecule has 0 spiro atoms. The van der Waals surface area contributed by atoms with E-state index in [0.29, 0.717) is 6.17 Å². The second kappa shape index (κ2) is 4.47. The number of anilines is 1. The molecule has 1 fully saturated rings. The molecule has 1 heterocycles. The Morgan fingerprint density at radius 3 is 2.43 bits per heavy atom. The summed E-state index contributed by atoms with van der Waals surface area (Å²) in [6, 6.07) is 10.4. The first-order valence-electron chi connectivity index (χ1n) is 5.42. The zero-order chi connectivity index (χ0) is 9.80. The summed E-state index contributed by atoms with van der Waals surface area (Å²) < 4.78 is 0. The summed E-state index contributed by atoms with van der Waals surface area (Å²) in [5.74, 6) is 0.